The first-order valence-electron chi connectivity index (χ1n) is 7.51. The van der Waals surface area contributed by atoms with E-state index in [9.17, 15) is 0 Å². The fourth-order valence-corrected chi connectivity index (χ4v) is 3.41. The van der Waals surface area contributed by atoms with Gasteiger partial charge in [0.25, 0.3) is 0 Å². The first-order chi connectivity index (χ1) is 9.67. The summed E-state index contributed by atoms with van der Waals surface area (Å²) in [6.45, 7) is 7.41. The van der Waals surface area contributed by atoms with E-state index < -0.39 is 0 Å². The van der Waals surface area contributed by atoms with E-state index in [1.54, 1.807) is 0 Å². The van der Waals surface area contributed by atoms with Crippen molar-refractivity contribution in [2.24, 2.45) is 17.6 Å². The molecule has 0 spiro atoms. The number of rotatable bonds is 2. The quantitative estimate of drug-likeness (QED) is 0.910. The molecule has 0 bridgehead atoms. The molecule has 106 valence electrons. The van der Waals surface area contributed by atoms with Crippen LogP contribution in [0.15, 0.2) is 30.3 Å². The molecule has 1 aromatic heterocycles. The van der Waals surface area contributed by atoms with Gasteiger partial charge in [0, 0.05) is 25.0 Å². The molecule has 1 saturated heterocycles. The predicted molar refractivity (Wildman–Crippen MR) is 84.8 cm³/mol. The van der Waals surface area contributed by atoms with Crippen LogP contribution in [-0.2, 0) is 6.54 Å². The first-order valence-corrected chi connectivity index (χ1v) is 7.51. The lowest BCUT2D eigenvalue weighted by Crippen LogP contribution is -2.39. The number of pyridine rings is 1. The van der Waals surface area contributed by atoms with E-state index in [4.69, 9.17) is 10.7 Å². The summed E-state index contributed by atoms with van der Waals surface area (Å²) in [5.74, 6) is 2.55. The normalized spacial score (nSPS) is 23.2. The Balaban J connectivity index is 2.03. The number of hydrogen-bond acceptors (Lipinski definition) is 3. The summed E-state index contributed by atoms with van der Waals surface area (Å²) in [4.78, 5) is 7.27. The maximum Gasteiger partial charge on any atom is 0.129 e. The van der Waals surface area contributed by atoms with E-state index in [0.717, 1.165) is 36.3 Å². The summed E-state index contributed by atoms with van der Waals surface area (Å²) in [6.07, 6.45) is 1.31. The Morgan fingerprint density at radius 1 is 1.20 bits per heavy atom. The minimum Gasteiger partial charge on any atom is -0.356 e. The molecule has 1 aliphatic heterocycles. The maximum atomic E-state index is 5.92. The molecule has 0 radical (unpaired) electrons. The topological polar surface area (TPSA) is 42.1 Å². The molecule has 0 amide bonds. The van der Waals surface area contributed by atoms with Gasteiger partial charge >= 0.3 is 0 Å². The van der Waals surface area contributed by atoms with Crippen molar-refractivity contribution in [2.45, 2.75) is 26.8 Å². The van der Waals surface area contributed by atoms with Crippen LogP contribution < -0.4 is 10.6 Å². The van der Waals surface area contributed by atoms with Crippen LogP contribution >= 0.6 is 0 Å². The number of anilines is 1. The fourth-order valence-electron chi connectivity index (χ4n) is 3.41. The zero-order chi connectivity index (χ0) is 14.1. The van der Waals surface area contributed by atoms with Crippen molar-refractivity contribution in [1.29, 1.82) is 0 Å². The van der Waals surface area contributed by atoms with E-state index in [0.29, 0.717) is 6.54 Å². The van der Waals surface area contributed by atoms with E-state index in [2.05, 4.69) is 36.9 Å². The van der Waals surface area contributed by atoms with E-state index >= 15 is 0 Å². The van der Waals surface area contributed by atoms with Gasteiger partial charge in [0.05, 0.1) is 5.52 Å². The molecule has 2 heterocycles. The average Bonchev–Trinajstić information content (AvgIpc) is 2.45. The van der Waals surface area contributed by atoms with Crippen LogP contribution in [0.25, 0.3) is 10.9 Å². The van der Waals surface area contributed by atoms with Crippen LogP contribution in [0.2, 0.25) is 0 Å². The van der Waals surface area contributed by atoms with Gasteiger partial charge in [-0.1, -0.05) is 32.0 Å². The van der Waals surface area contributed by atoms with Gasteiger partial charge in [-0.2, -0.15) is 0 Å². The number of hydrogen-bond donors (Lipinski definition) is 1. The second-order valence-corrected chi connectivity index (χ2v) is 6.21. The molecular weight excluding hydrogens is 246 g/mol. The van der Waals surface area contributed by atoms with Gasteiger partial charge in [-0.25, -0.2) is 4.98 Å². The highest BCUT2D eigenvalue weighted by Gasteiger charge is 2.23. The summed E-state index contributed by atoms with van der Waals surface area (Å²) in [7, 11) is 0. The smallest absolute Gasteiger partial charge is 0.129 e. The molecule has 3 nitrogen and oxygen atoms in total. The summed E-state index contributed by atoms with van der Waals surface area (Å²) >= 11 is 0. The minimum absolute atomic E-state index is 0.564. The van der Waals surface area contributed by atoms with Crippen molar-refractivity contribution >= 4 is 16.7 Å². The molecule has 2 unspecified atom stereocenters. The third kappa shape index (κ3) is 2.50. The number of piperidine rings is 1. The highest BCUT2D eigenvalue weighted by Crippen LogP contribution is 2.28. The van der Waals surface area contributed by atoms with Gasteiger partial charge in [0.1, 0.15) is 5.82 Å². The Bertz CT molecular complexity index is 598. The molecule has 3 heteroatoms. The van der Waals surface area contributed by atoms with Crippen LogP contribution in [0.3, 0.4) is 0 Å². The van der Waals surface area contributed by atoms with Crippen molar-refractivity contribution in [3.05, 3.63) is 35.9 Å². The SMILES string of the molecule is CC1CC(C)CN(c2cc(CN)c3ccccc3n2)C1. The fraction of sp³-hybridized carbons (Fsp3) is 0.471. The Kier molecular flexibility index (Phi) is 3.62. The Morgan fingerprint density at radius 3 is 2.60 bits per heavy atom. The van der Waals surface area contributed by atoms with Gasteiger partial charge in [-0.3, -0.25) is 0 Å². The van der Waals surface area contributed by atoms with E-state index in [-0.39, 0.29) is 0 Å². The number of benzene rings is 1. The average molecular weight is 269 g/mol. The van der Waals surface area contributed by atoms with Crippen molar-refractivity contribution < 1.29 is 0 Å². The monoisotopic (exact) mass is 269 g/mol. The molecule has 20 heavy (non-hydrogen) atoms. The number of nitrogens with zero attached hydrogens (tertiary/aromatic N) is 2. The molecule has 2 N–H and O–H groups in total. The molecule has 2 aromatic rings. The van der Waals surface area contributed by atoms with Crippen LogP contribution in [0.4, 0.5) is 5.82 Å². The highest BCUT2D eigenvalue weighted by molar-refractivity contribution is 5.84. The Labute approximate surface area is 120 Å². The summed E-state index contributed by atoms with van der Waals surface area (Å²) < 4.78 is 0. The van der Waals surface area contributed by atoms with Crippen LogP contribution in [0.5, 0.6) is 0 Å². The number of para-hydroxylation sites is 1. The van der Waals surface area contributed by atoms with E-state index in [1.165, 1.54) is 17.4 Å². The van der Waals surface area contributed by atoms with E-state index in [1.807, 2.05) is 12.1 Å². The van der Waals surface area contributed by atoms with Crippen molar-refractivity contribution in [1.82, 2.24) is 4.98 Å². The highest BCUT2D eigenvalue weighted by atomic mass is 15.2. The minimum atomic E-state index is 0.564. The Hall–Kier alpha value is -1.61. The molecule has 2 atom stereocenters. The second kappa shape index (κ2) is 5.41. The van der Waals surface area contributed by atoms with Crippen molar-refractivity contribution in [3.8, 4) is 0 Å². The zero-order valence-corrected chi connectivity index (χ0v) is 12.3. The van der Waals surface area contributed by atoms with Gasteiger partial charge in [-0.05, 0) is 36.0 Å². The lowest BCUT2D eigenvalue weighted by Gasteiger charge is -2.36. The summed E-state index contributed by atoms with van der Waals surface area (Å²) in [5.41, 5.74) is 8.17. The lowest BCUT2D eigenvalue weighted by molar-refractivity contribution is 0.355. The molecule has 0 aliphatic carbocycles. The third-order valence-corrected chi connectivity index (χ3v) is 4.20. The second-order valence-electron chi connectivity index (χ2n) is 6.21. The number of fused-ring (bicyclic) bond motifs is 1. The van der Waals surface area contributed by atoms with Gasteiger partial charge < -0.3 is 10.6 Å². The maximum absolute atomic E-state index is 5.92. The summed E-state index contributed by atoms with van der Waals surface area (Å²) in [5, 5.41) is 1.18. The number of aromatic nitrogens is 1. The zero-order valence-electron chi connectivity index (χ0n) is 12.3. The van der Waals surface area contributed by atoms with Crippen LogP contribution in [-0.4, -0.2) is 18.1 Å². The third-order valence-electron chi connectivity index (χ3n) is 4.20. The molecule has 1 aliphatic rings. The predicted octanol–water partition coefficient (Wildman–Crippen LogP) is 3.18. The largest absolute Gasteiger partial charge is 0.356 e. The van der Waals surface area contributed by atoms with Gasteiger partial charge in [0.2, 0.25) is 0 Å². The molecule has 3 rings (SSSR count). The Morgan fingerprint density at radius 2 is 1.90 bits per heavy atom. The summed E-state index contributed by atoms with van der Waals surface area (Å²) in [6, 6.07) is 10.5. The van der Waals surface area contributed by atoms with Gasteiger partial charge in [-0.15, -0.1) is 0 Å². The van der Waals surface area contributed by atoms with Crippen molar-refractivity contribution in [3.63, 3.8) is 0 Å². The molecular formula is C17H23N3. The van der Waals surface area contributed by atoms with Gasteiger partial charge in [0.15, 0.2) is 0 Å². The van der Waals surface area contributed by atoms with Crippen LogP contribution in [0, 0.1) is 11.8 Å². The molecule has 0 saturated carbocycles. The lowest BCUT2D eigenvalue weighted by atomic mass is 9.92. The molecule has 1 fully saturated rings. The van der Waals surface area contributed by atoms with Crippen molar-refractivity contribution in [2.75, 3.05) is 18.0 Å². The molecule has 1 aromatic carbocycles. The first kappa shape index (κ1) is 13.4. The standard InChI is InChI=1S/C17H23N3/c1-12-7-13(2)11-20(10-12)17-8-14(9-18)15-5-3-4-6-16(15)19-17/h3-6,8,12-13H,7,9-11,18H2,1-2H3. The van der Waals surface area contributed by atoms with Crippen LogP contribution in [0.1, 0.15) is 25.8 Å². The number of nitrogens with two attached hydrogens (primary N) is 1.